The predicted octanol–water partition coefficient (Wildman–Crippen LogP) is 3.54. The van der Waals surface area contributed by atoms with Gasteiger partial charge in [0.15, 0.2) is 0 Å². The van der Waals surface area contributed by atoms with Crippen molar-refractivity contribution in [1.29, 1.82) is 0 Å². The lowest BCUT2D eigenvalue weighted by atomic mass is 9.99. The minimum atomic E-state index is -0.353. The quantitative estimate of drug-likeness (QED) is 0.738. The number of hydrogen-bond donors (Lipinski definition) is 0. The van der Waals surface area contributed by atoms with E-state index in [0.29, 0.717) is 5.92 Å². The van der Waals surface area contributed by atoms with Crippen LogP contribution in [0.1, 0.15) is 19.4 Å². The Balaban J connectivity index is 3.03. The van der Waals surface area contributed by atoms with Crippen LogP contribution in [0.3, 0.4) is 0 Å². The lowest BCUT2D eigenvalue weighted by molar-refractivity contribution is 0.0368. The maximum atomic E-state index is 5.50. The molecular weight excluding hydrogens is 228 g/mol. The minimum absolute atomic E-state index is 0.353. The van der Waals surface area contributed by atoms with Crippen molar-refractivity contribution in [3.63, 3.8) is 0 Å². The molecule has 72 valence electrons. The first kappa shape index (κ1) is 10.7. The number of rotatable bonds is 3. The topological polar surface area (TPSA) is 9.23 Å². The molecule has 1 rings (SSSR count). The van der Waals surface area contributed by atoms with E-state index in [9.17, 15) is 0 Å². The monoisotopic (exact) mass is 242 g/mol. The summed E-state index contributed by atoms with van der Waals surface area (Å²) in [6, 6.07) is 10.2. The number of ether oxygens (including phenoxy) is 1. The van der Waals surface area contributed by atoms with Gasteiger partial charge in [-0.2, -0.15) is 0 Å². The number of methoxy groups -OCH3 is 1. The van der Waals surface area contributed by atoms with Crippen molar-refractivity contribution < 1.29 is 4.74 Å². The standard InChI is InChI=1S/C11H15BrO/c1-9(2)11(12,13-3)10-7-5-4-6-8-10/h4-9H,1-3H3. The van der Waals surface area contributed by atoms with Crippen molar-refractivity contribution in [3.8, 4) is 0 Å². The molecule has 2 heteroatoms. The zero-order valence-electron chi connectivity index (χ0n) is 8.25. The Morgan fingerprint density at radius 2 is 1.77 bits per heavy atom. The van der Waals surface area contributed by atoms with Crippen LogP contribution in [-0.2, 0) is 9.25 Å². The van der Waals surface area contributed by atoms with Crippen molar-refractivity contribution in [2.75, 3.05) is 7.11 Å². The first-order valence-corrected chi connectivity index (χ1v) is 5.20. The van der Waals surface area contributed by atoms with Crippen LogP contribution >= 0.6 is 15.9 Å². The van der Waals surface area contributed by atoms with Gasteiger partial charge in [0.2, 0.25) is 0 Å². The van der Waals surface area contributed by atoms with E-state index in [1.165, 1.54) is 0 Å². The van der Waals surface area contributed by atoms with Gasteiger partial charge in [-0.15, -0.1) is 0 Å². The molecule has 0 spiro atoms. The minimum Gasteiger partial charge on any atom is -0.362 e. The SMILES string of the molecule is COC(Br)(c1ccccc1)C(C)C. The van der Waals surface area contributed by atoms with Gasteiger partial charge in [-0.1, -0.05) is 44.2 Å². The number of hydrogen-bond acceptors (Lipinski definition) is 1. The average molecular weight is 243 g/mol. The third kappa shape index (κ3) is 2.12. The molecule has 0 N–H and O–H groups in total. The van der Waals surface area contributed by atoms with E-state index in [1.807, 2.05) is 18.2 Å². The molecule has 0 saturated heterocycles. The van der Waals surface area contributed by atoms with Crippen LogP contribution in [-0.4, -0.2) is 7.11 Å². The molecule has 0 aliphatic carbocycles. The highest BCUT2D eigenvalue weighted by Gasteiger charge is 2.32. The zero-order valence-corrected chi connectivity index (χ0v) is 9.84. The van der Waals surface area contributed by atoms with Crippen molar-refractivity contribution in [2.45, 2.75) is 18.4 Å². The highest BCUT2D eigenvalue weighted by Crippen LogP contribution is 2.38. The maximum Gasteiger partial charge on any atom is 0.149 e. The second kappa shape index (κ2) is 4.25. The molecule has 0 aliphatic rings. The summed E-state index contributed by atoms with van der Waals surface area (Å²) >= 11 is 3.63. The van der Waals surface area contributed by atoms with Crippen LogP contribution in [0.5, 0.6) is 0 Å². The van der Waals surface area contributed by atoms with Crippen molar-refractivity contribution in [2.24, 2.45) is 5.92 Å². The van der Waals surface area contributed by atoms with E-state index in [1.54, 1.807) is 7.11 Å². The predicted molar refractivity (Wildman–Crippen MR) is 58.9 cm³/mol. The second-order valence-electron chi connectivity index (χ2n) is 3.37. The van der Waals surface area contributed by atoms with Gasteiger partial charge in [0.25, 0.3) is 0 Å². The van der Waals surface area contributed by atoms with Gasteiger partial charge in [-0.3, -0.25) is 0 Å². The van der Waals surface area contributed by atoms with Gasteiger partial charge in [-0.25, -0.2) is 0 Å². The first-order chi connectivity index (χ1) is 6.11. The lowest BCUT2D eigenvalue weighted by Gasteiger charge is -2.30. The smallest absolute Gasteiger partial charge is 0.149 e. The molecule has 0 aliphatic heterocycles. The normalized spacial score (nSPS) is 15.8. The summed E-state index contributed by atoms with van der Waals surface area (Å²) in [5, 5.41) is 0. The molecule has 0 radical (unpaired) electrons. The molecule has 13 heavy (non-hydrogen) atoms. The highest BCUT2D eigenvalue weighted by atomic mass is 79.9. The molecule has 0 amide bonds. The van der Waals surface area contributed by atoms with E-state index < -0.39 is 0 Å². The Hall–Kier alpha value is -0.340. The van der Waals surface area contributed by atoms with E-state index in [4.69, 9.17) is 4.74 Å². The van der Waals surface area contributed by atoms with Gasteiger partial charge in [-0.05, 0) is 27.4 Å². The third-order valence-electron chi connectivity index (χ3n) is 2.21. The number of halogens is 1. The molecule has 1 aromatic rings. The third-order valence-corrected chi connectivity index (χ3v) is 3.90. The van der Waals surface area contributed by atoms with Gasteiger partial charge < -0.3 is 4.74 Å². The molecule has 1 unspecified atom stereocenters. The first-order valence-electron chi connectivity index (χ1n) is 4.41. The summed E-state index contributed by atoms with van der Waals surface area (Å²) in [4.78, 5) is 0. The van der Waals surface area contributed by atoms with E-state index >= 15 is 0 Å². The maximum absolute atomic E-state index is 5.50. The molecule has 1 atom stereocenters. The van der Waals surface area contributed by atoms with E-state index in [-0.39, 0.29) is 4.51 Å². The van der Waals surface area contributed by atoms with Crippen LogP contribution in [0.15, 0.2) is 30.3 Å². The summed E-state index contributed by atoms with van der Waals surface area (Å²) in [5.41, 5.74) is 1.16. The zero-order chi connectivity index (χ0) is 9.90. The Morgan fingerprint density at radius 3 is 2.15 bits per heavy atom. The van der Waals surface area contributed by atoms with Gasteiger partial charge in [0, 0.05) is 7.11 Å². The highest BCUT2D eigenvalue weighted by molar-refractivity contribution is 9.09. The Morgan fingerprint density at radius 1 is 1.23 bits per heavy atom. The molecule has 1 nitrogen and oxygen atoms in total. The molecule has 0 heterocycles. The van der Waals surface area contributed by atoms with Crippen molar-refractivity contribution in [3.05, 3.63) is 35.9 Å². The Labute approximate surface area is 88.2 Å². The van der Waals surface area contributed by atoms with Crippen LogP contribution in [0.25, 0.3) is 0 Å². The molecule has 1 aromatic carbocycles. The number of benzene rings is 1. The fourth-order valence-electron chi connectivity index (χ4n) is 1.35. The largest absolute Gasteiger partial charge is 0.362 e. The summed E-state index contributed by atoms with van der Waals surface area (Å²) in [5.74, 6) is 0.389. The summed E-state index contributed by atoms with van der Waals surface area (Å²) in [7, 11) is 1.72. The molecule has 0 bridgehead atoms. The molecule has 0 saturated carbocycles. The molecule has 0 fully saturated rings. The van der Waals surface area contributed by atoms with Crippen molar-refractivity contribution >= 4 is 15.9 Å². The van der Waals surface area contributed by atoms with Crippen LogP contribution in [0.2, 0.25) is 0 Å². The van der Waals surface area contributed by atoms with Gasteiger partial charge >= 0.3 is 0 Å². The van der Waals surface area contributed by atoms with Gasteiger partial charge in [0.1, 0.15) is 4.51 Å². The summed E-state index contributed by atoms with van der Waals surface area (Å²) in [6.45, 7) is 4.26. The fraction of sp³-hybridized carbons (Fsp3) is 0.455. The van der Waals surface area contributed by atoms with Crippen molar-refractivity contribution in [1.82, 2.24) is 0 Å². The fourth-order valence-corrected chi connectivity index (χ4v) is 1.62. The summed E-state index contributed by atoms with van der Waals surface area (Å²) < 4.78 is 5.15. The Kier molecular flexibility index (Phi) is 3.51. The van der Waals surface area contributed by atoms with Gasteiger partial charge in [0.05, 0.1) is 0 Å². The number of alkyl halides is 1. The van der Waals surface area contributed by atoms with Crippen LogP contribution < -0.4 is 0 Å². The molecule has 0 aromatic heterocycles. The molecular formula is C11H15BrO. The second-order valence-corrected chi connectivity index (χ2v) is 4.55. The van der Waals surface area contributed by atoms with Crippen LogP contribution in [0.4, 0.5) is 0 Å². The average Bonchev–Trinajstić information content (AvgIpc) is 2.17. The van der Waals surface area contributed by atoms with E-state index in [0.717, 1.165) is 5.56 Å². The lowest BCUT2D eigenvalue weighted by Crippen LogP contribution is -2.27. The van der Waals surface area contributed by atoms with E-state index in [2.05, 4.69) is 41.9 Å². The Bertz CT molecular complexity index is 258. The van der Waals surface area contributed by atoms with Crippen LogP contribution in [0, 0.1) is 5.92 Å². The summed E-state index contributed by atoms with van der Waals surface area (Å²) in [6.07, 6.45) is 0.